The van der Waals surface area contributed by atoms with E-state index in [-0.39, 0.29) is 11.9 Å². The summed E-state index contributed by atoms with van der Waals surface area (Å²) in [6, 6.07) is 17.7. The Kier molecular flexibility index (Phi) is 4.93. The predicted octanol–water partition coefficient (Wildman–Crippen LogP) is 2.70. The second-order valence-electron chi connectivity index (χ2n) is 5.85. The molecule has 23 heavy (non-hydrogen) atoms. The first-order valence-corrected chi connectivity index (χ1v) is 8.02. The Bertz CT molecular complexity index is 640. The van der Waals surface area contributed by atoms with Crippen LogP contribution in [0.4, 0.5) is 0 Å². The largest absolute Gasteiger partial charge is 0.489 e. The zero-order valence-corrected chi connectivity index (χ0v) is 13.4. The number of piperazine rings is 1. The van der Waals surface area contributed by atoms with Crippen LogP contribution in [0.1, 0.15) is 22.8 Å². The molecule has 2 aromatic carbocycles. The summed E-state index contributed by atoms with van der Waals surface area (Å²) in [6.07, 6.45) is 0. The molecule has 1 aliphatic rings. The lowest BCUT2D eigenvalue weighted by atomic mass is 10.1. The van der Waals surface area contributed by atoms with Crippen molar-refractivity contribution >= 4 is 5.91 Å². The lowest BCUT2D eigenvalue weighted by Crippen LogP contribution is -2.52. The normalized spacial score (nSPS) is 17.8. The van der Waals surface area contributed by atoms with Gasteiger partial charge in [-0.1, -0.05) is 30.3 Å². The number of amides is 1. The minimum absolute atomic E-state index is 0.106. The number of carbonyl (C=O) groups excluding carboxylic acids is 1. The molecule has 1 N–H and O–H groups in total. The highest BCUT2D eigenvalue weighted by Gasteiger charge is 2.23. The van der Waals surface area contributed by atoms with Crippen molar-refractivity contribution in [2.24, 2.45) is 0 Å². The predicted molar refractivity (Wildman–Crippen MR) is 90.6 cm³/mol. The Labute approximate surface area is 137 Å². The zero-order valence-electron chi connectivity index (χ0n) is 13.4. The van der Waals surface area contributed by atoms with Gasteiger partial charge in [0.05, 0.1) is 0 Å². The standard InChI is InChI=1S/C19H22N2O2/c1-15-13-20-11-12-21(15)19(22)17-9-7-16(8-10-17)14-23-18-5-3-2-4-6-18/h2-10,15,20H,11-14H2,1H3/t15-/m0/s1. The van der Waals surface area contributed by atoms with Crippen molar-refractivity contribution in [2.45, 2.75) is 19.6 Å². The van der Waals surface area contributed by atoms with Crippen LogP contribution in [0.15, 0.2) is 54.6 Å². The number of nitrogens with zero attached hydrogens (tertiary/aromatic N) is 1. The van der Waals surface area contributed by atoms with Crippen LogP contribution in [0.25, 0.3) is 0 Å². The van der Waals surface area contributed by atoms with Gasteiger partial charge in [0.1, 0.15) is 12.4 Å². The third-order valence-corrected chi connectivity index (χ3v) is 4.11. The second kappa shape index (κ2) is 7.29. The Hall–Kier alpha value is -2.33. The molecule has 1 heterocycles. The molecule has 2 aromatic rings. The van der Waals surface area contributed by atoms with E-state index in [2.05, 4.69) is 12.2 Å². The topological polar surface area (TPSA) is 41.6 Å². The van der Waals surface area contributed by atoms with Crippen LogP contribution in [0, 0.1) is 0 Å². The van der Waals surface area contributed by atoms with Gasteiger partial charge < -0.3 is 15.0 Å². The summed E-state index contributed by atoms with van der Waals surface area (Å²) in [5.74, 6) is 0.955. The summed E-state index contributed by atoms with van der Waals surface area (Å²) in [6.45, 7) is 5.06. The van der Waals surface area contributed by atoms with Crippen molar-refractivity contribution in [2.75, 3.05) is 19.6 Å². The fraction of sp³-hybridized carbons (Fsp3) is 0.316. The highest BCUT2D eigenvalue weighted by molar-refractivity contribution is 5.94. The number of hydrogen-bond donors (Lipinski definition) is 1. The maximum absolute atomic E-state index is 12.6. The van der Waals surface area contributed by atoms with Gasteiger partial charge in [0.25, 0.3) is 5.91 Å². The number of carbonyl (C=O) groups is 1. The Morgan fingerprint density at radius 2 is 1.91 bits per heavy atom. The monoisotopic (exact) mass is 310 g/mol. The fourth-order valence-electron chi connectivity index (χ4n) is 2.74. The van der Waals surface area contributed by atoms with Gasteiger partial charge in [-0.15, -0.1) is 0 Å². The summed E-state index contributed by atoms with van der Waals surface area (Å²) in [4.78, 5) is 14.5. The van der Waals surface area contributed by atoms with Crippen molar-refractivity contribution in [3.8, 4) is 5.75 Å². The summed E-state index contributed by atoms with van der Waals surface area (Å²) < 4.78 is 5.72. The van der Waals surface area contributed by atoms with Gasteiger partial charge in [0, 0.05) is 31.2 Å². The van der Waals surface area contributed by atoms with Crippen molar-refractivity contribution in [1.82, 2.24) is 10.2 Å². The maximum Gasteiger partial charge on any atom is 0.254 e. The minimum atomic E-state index is 0.106. The quantitative estimate of drug-likeness (QED) is 0.944. The number of ether oxygens (including phenoxy) is 1. The van der Waals surface area contributed by atoms with E-state index in [1.54, 1.807) is 0 Å². The highest BCUT2D eigenvalue weighted by atomic mass is 16.5. The molecule has 4 nitrogen and oxygen atoms in total. The Morgan fingerprint density at radius 3 is 2.61 bits per heavy atom. The van der Waals surface area contributed by atoms with Crippen molar-refractivity contribution in [1.29, 1.82) is 0 Å². The second-order valence-corrected chi connectivity index (χ2v) is 5.85. The molecule has 0 unspecified atom stereocenters. The smallest absolute Gasteiger partial charge is 0.254 e. The van der Waals surface area contributed by atoms with Crippen LogP contribution in [0.3, 0.4) is 0 Å². The van der Waals surface area contributed by atoms with Crippen LogP contribution in [0.5, 0.6) is 5.75 Å². The molecule has 4 heteroatoms. The van der Waals surface area contributed by atoms with Crippen molar-refractivity contribution in [3.63, 3.8) is 0 Å². The molecule has 3 rings (SSSR count). The van der Waals surface area contributed by atoms with Gasteiger partial charge in [-0.3, -0.25) is 4.79 Å². The zero-order chi connectivity index (χ0) is 16.1. The summed E-state index contributed by atoms with van der Waals surface area (Å²) >= 11 is 0. The van der Waals surface area contributed by atoms with Gasteiger partial charge in [-0.25, -0.2) is 0 Å². The Morgan fingerprint density at radius 1 is 1.17 bits per heavy atom. The molecule has 0 saturated carbocycles. The molecular formula is C19H22N2O2. The number of nitrogens with one attached hydrogen (secondary N) is 1. The number of para-hydroxylation sites is 1. The first kappa shape index (κ1) is 15.6. The molecular weight excluding hydrogens is 288 g/mol. The number of hydrogen-bond acceptors (Lipinski definition) is 3. The molecule has 120 valence electrons. The third-order valence-electron chi connectivity index (χ3n) is 4.11. The Balaban J connectivity index is 1.61. The molecule has 0 aromatic heterocycles. The lowest BCUT2D eigenvalue weighted by molar-refractivity contribution is 0.0655. The van der Waals surface area contributed by atoms with Gasteiger partial charge >= 0.3 is 0 Å². The number of benzene rings is 2. The van der Waals surface area contributed by atoms with Gasteiger partial charge in [0.15, 0.2) is 0 Å². The first-order valence-electron chi connectivity index (χ1n) is 8.02. The summed E-state index contributed by atoms with van der Waals surface area (Å²) in [7, 11) is 0. The maximum atomic E-state index is 12.6. The van der Waals surface area contributed by atoms with E-state index in [9.17, 15) is 4.79 Å². The van der Waals surface area contributed by atoms with E-state index < -0.39 is 0 Å². The summed E-state index contributed by atoms with van der Waals surface area (Å²) in [5, 5.41) is 3.30. The third kappa shape index (κ3) is 3.90. The van der Waals surface area contributed by atoms with Crippen LogP contribution < -0.4 is 10.1 Å². The fourth-order valence-corrected chi connectivity index (χ4v) is 2.74. The molecule has 0 spiro atoms. The molecule has 0 bridgehead atoms. The van der Waals surface area contributed by atoms with Gasteiger partial charge in [0.2, 0.25) is 0 Å². The van der Waals surface area contributed by atoms with E-state index >= 15 is 0 Å². The van der Waals surface area contributed by atoms with Crippen LogP contribution in [-0.2, 0) is 6.61 Å². The van der Waals surface area contributed by atoms with Crippen LogP contribution in [-0.4, -0.2) is 36.5 Å². The SMILES string of the molecule is C[C@H]1CNCCN1C(=O)c1ccc(COc2ccccc2)cc1. The highest BCUT2D eigenvalue weighted by Crippen LogP contribution is 2.14. The molecule has 1 fully saturated rings. The molecule has 0 aliphatic carbocycles. The summed E-state index contributed by atoms with van der Waals surface area (Å²) in [5.41, 5.74) is 1.79. The van der Waals surface area contributed by atoms with Gasteiger partial charge in [-0.2, -0.15) is 0 Å². The minimum Gasteiger partial charge on any atom is -0.489 e. The lowest BCUT2D eigenvalue weighted by Gasteiger charge is -2.34. The molecule has 1 atom stereocenters. The van der Waals surface area contributed by atoms with E-state index in [0.29, 0.717) is 6.61 Å². The van der Waals surface area contributed by atoms with E-state index in [1.165, 1.54) is 0 Å². The van der Waals surface area contributed by atoms with Crippen molar-refractivity contribution < 1.29 is 9.53 Å². The molecule has 0 radical (unpaired) electrons. The average molecular weight is 310 g/mol. The van der Waals surface area contributed by atoms with Crippen LogP contribution >= 0.6 is 0 Å². The van der Waals surface area contributed by atoms with Gasteiger partial charge in [-0.05, 0) is 36.8 Å². The average Bonchev–Trinajstić information content (AvgIpc) is 2.61. The van der Waals surface area contributed by atoms with E-state index in [0.717, 1.165) is 36.5 Å². The van der Waals surface area contributed by atoms with Crippen molar-refractivity contribution in [3.05, 3.63) is 65.7 Å². The first-order chi connectivity index (χ1) is 11.2. The van der Waals surface area contributed by atoms with E-state index in [4.69, 9.17) is 4.74 Å². The molecule has 1 amide bonds. The van der Waals surface area contributed by atoms with E-state index in [1.807, 2.05) is 59.5 Å². The molecule has 1 saturated heterocycles. The van der Waals surface area contributed by atoms with Crippen LogP contribution in [0.2, 0.25) is 0 Å². The number of rotatable bonds is 4. The molecule has 1 aliphatic heterocycles.